The first kappa shape index (κ1) is 22.3. The van der Waals surface area contributed by atoms with Crippen molar-refractivity contribution in [1.82, 2.24) is 9.55 Å². The Balaban J connectivity index is 1.61. The smallest absolute Gasteiger partial charge is 0.323 e. The normalized spacial score (nSPS) is 11.7. The molecule has 5 nitrogen and oxygen atoms in total. The van der Waals surface area contributed by atoms with Gasteiger partial charge in [-0.15, -0.1) is 11.3 Å². The molecule has 0 unspecified atom stereocenters. The molecule has 0 aliphatic rings. The Kier molecular flexibility index (Phi) is 5.98. The third-order valence-corrected chi connectivity index (χ3v) is 6.26. The molecule has 0 aliphatic carbocycles. The Bertz CT molecular complexity index is 1380. The number of carbonyl (C=O) groups is 1. The molecule has 2 aromatic carbocycles. The number of alkyl halides is 3. The number of rotatable bonds is 4. The quantitative estimate of drug-likeness (QED) is 0.371. The first-order valence-electron chi connectivity index (χ1n) is 9.04. The fraction of sp³-hybridized carbons (Fsp3) is 0.0952. The van der Waals surface area contributed by atoms with E-state index in [9.17, 15) is 22.8 Å². The van der Waals surface area contributed by atoms with E-state index in [0.717, 1.165) is 27.1 Å². The summed E-state index contributed by atoms with van der Waals surface area (Å²) in [6.07, 6.45) is -3.53. The lowest BCUT2D eigenvalue weighted by atomic mass is 10.1. The van der Waals surface area contributed by atoms with Crippen molar-refractivity contribution < 1.29 is 18.0 Å². The van der Waals surface area contributed by atoms with Gasteiger partial charge in [0.15, 0.2) is 0 Å². The van der Waals surface area contributed by atoms with Crippen LogP contribution in [0, 0.1) is 0 Å². The molecular formula is C21H12Cl2F3N3O2S. The topological polar surface area (TPSA) is 64.0 Å². The standard InChI is InChI=1S/C21H12Cl2F3N3O2S/c22-12-6-4-11(5-7-12)16-8-15-19(32-16)20(31)29(10-27-15)9-17(30)28-18-13(21(24,25)26)2-1-3-14(18)23/h1-8,10H,9H2,(H,28,30). The number of fused-ring (bicyclic) bond motifs is 1. The van der Waals surface area contributed by atoms with Crippen molar-refractivity contribution >= 4 is 56.3 Å². The zero-order valence-electron chi connectivity index (χ0n) is 15.9. The van der Waals surface area contributed by atoms with Gasteiger partial charge in [0.2, 0.25) is 5.91 Å². The number of hydrogen-bond acceptors (Lipinski definition) is 4. The number of aromatic nitrogens is 2. The average Bonchev–Trinajstić information content (AvgIpc) is 3.16. The van der Waals surface area contributed by atoms with Gasteiger partial charge in [0.25, 0.3) is 5.56 Å². The van der Waals surface area contributed by atoms with Gasteiger partial charge < -0.3 is 5.32 Å². The van der Waals surface area contributed by atoms with Gasteiger partial charge >= 0.3 is 6.18 Å². The van der Waals surface area contributed by atoms with Crippen molar-refractivity contribution in [2.75, 3.05) is 5.32 Å². The van der Waals surface area contributed by atoms with E-state index in [2.05, 4.69) is 10.3 Å². The van der Waals surface area contributed by atoms with Crippen molar-refractivity contribution in [2.45, 2.75) is 12.7 Å². The van der Waals surface area contributed by atoms with E-state index in [1.807, 2.05) is 0 Å². The lowest BCUT2D eigenvalue weighted by Gasteiger charge is -2.15. The molecule has 0 radical (unpaired) electrons. The SMILES string of the molecule is O=C(Cn1cnc2cc(-c3ccc(Cl)cc3)sc2c1=O)Nc1c(Cl)cccc1C(F)(F)F. The molecule has 0 atom stereocenters. The van der Waals surface area contributed by atoms with Gasteiger partial charge in [-0.1, -0.05) is 41.4 Å². The summed E-state index contributed by atoms with van der Waals surface area (Å²) >= 11 is 13.0. The number of nitrogens with zero attached hydrogens (tertiary/aromatic N) is 2. The molecule has 0 spiro atoms. The van der Waals surface area contributed by atoms with Crippen molar-refractivity contribution in [2.24, 2.45) is 0 Å². The molecule has 2 heterocycles. The minimum Gasteiger partial charge on any atom is -0.323 e. The van der Waals surface area contributed by atoms with Gasteiger partial charge in [-0.25, -0.2) is 4.98 Å². The summed E-state index contributed by atoms with van der Waals surface area (Å²) < 4.78 is 41.0. The maximum absolute atomic E-state index is 13.2. The predicted molar refractivity (Wildman–Crippen MR) is 119 cm³/mol. The second kappa shape index (κ2) is 8.57. The van der Waals surface area contributed by atoms with Gasteiger partial charge in [-0.2, -0.15) is 13.2 Å². The number of benzene rings is 2. The first-order valence-corrected chi connectivity index (χ1v) is 10.6. The van der Waals surface area contributed by atoms with Crippen molar-refractivity contribution in [3.05, 3.63) is 80.8 Å². The first-order chi connectivity index (χ1) is 15.1. The summed E-state index contributed by atoms with van der Waals surface area (Å²) in [6.45, 7) is -0.529. The Morgan fingerprint density at radius 2 is 1.84 bits per heavy atom. The Hall–Kier alpha value is -2.88. The van der Waals surface area contributed by atoms with Crippen LogP contribution < -0.4 is 10.9 Å². The minimum absolute atomic E-state index is 0.264. The van der Waals surface area contributed by atoms with Gasteiger partial charge in [0.1, 0.15) is 11.2 Å². The van der Waals surface area contributed by atoms with Crippen LogP contribution in [0.1, 0.15) is 5.56 Å². The molecule has 1 N–H and O–H groups in total. The van der Waals surface area contributed by atoms with E-state index in [0.29, 0.717) is 15.2 Å². The molecule has 11 heteroatoms. The second-order valence-electron chi connectivity index (χ2n) is 6.72. The molecule has 0 saturated carbocycles. The van der Waals surface area contributed by atoms with Gasteiger partial charge in [0, 0.05) is 9.90 Å². The number of halogens is 5. The van der Waals surface area contributed by atoms with Crippen LogP contribution in [0.15, 0.2) is 59.7 Å². The molecule has 164 valence electrons. The number of nitrogens with one attached hydrogen (secondary N) is 1. The van der Waals surface area contributed by atoms with Gasteiger partial charge in [-0.05, 0) is 35.9 Å². The van der Waals surface area contributed by atoms with Crippen molar-refractivity contribution in [3.8, 4) is 10.4 Å². The molecule has 0 bridgehead atoms. The van der Waals surface area contributed by atoms with E-state index in [1.165, 1.54) is 23.7 Å². The second-order valence-corrected chi connectivity index (χ2v) is 8.61. The monoisotopic (exact) mass is 497 g/mol. The van der Waals surface area contributed by atoms with E-state index < -0.39 is 35.4 Å². The lowest BCUT2D eigenvalue weighted by molar-refractivity contribution is -0.137. The van der Waals surface area contributed by atoms with Crippen LogP contribution in [0.4, 0.5) is 18.9 Å². The number of hydrogen-bond donors (Lipinski definition) is 1. The summed E-state index contributed by atoms with van der Waals surface area (Å²) in [5, 5.41) is 2.47. The largest absolute Gasteiger partial charge is 0.418 e. The number of carbonyl (C=O) groups excluding carboxylic acids is 1. The molecule has 32 heavy (non-hydrogen) atoms. The minimum atomic E-state index is -4.71. The number of anilines is 1. The van der Waals surface area contributed by atoms with E-state index in [-0.39, 0.29) is 5.02 Å². The van der Waals surface area contributed by atoms with Crippen LogP contribution in [0.5, 0.6) is 0 Å². The Morgan fingerprint density at radius 3 is 2.53 bits per heavy atom. The summed E-state index contributed by atoms with van der Waals surface area (Å²) in [6, 6.07) is 12.0. The molecule has 4 rings (SSSR count). The lowest BCUT2D eigenvalue weighted by Crippen LogP contribution is -2.28. The highest BCUT2D eigenvalue weighted by Gasteiger charge is 2.34. The third kappa shape index (κ3) is 4.50. The maximum Gasteiger partial charge on any atom is 0.418 e. The molecule has 0 saturated heterocycles. The van der Waals surface area contributed by atoms with Gasteiger partial charge in [0.05, 0.1) is 28.1 Å². The fourth-order valence-electron chi connectivity index (χ4n) is 3.04. The van der Waals surface area contributed by atoms with Gasteiger partial charge in [-0.3, -0.25) is 14.2 Å². The van der Waals surface area contributed by atoms with Crippen LogP contribution in [0.2, 0.25) is 10.0 Å². The highest BCUT2D eigenvalue weighted by atomic mass is 35.5. The van der Waals surface area contributed by atoms with Crippen molar-refractivity contribution in [1.29, 1.82) is 0 Å². The predicted octanol–water partition coefficient (Wildman–Crippen LogP) is 6.09. The van der Waals surface area contributed by atoms with Crippen molar-refractivity contribution in [3.63, 3.8) is 0 Å². The molecular weight excluding hydrogens is 486 g/mol. The van der Waals surface area contributed by atoms with Crippen LogP contribution >= 0.6 is 34.5 Å². The number of amides is 1. The van der Waals surface area contributed by atoms with E-state index in [1.54, 1.807) is 30.3 Å². The Labute approximate surface area is 193 Å². The Morgan fingerprint density at radius 1 is 1.12 bits per heavy atom. The highest BCUT2D eigenvalue weighted by Crippen LogP contribution is 2.38. The number of para-hydroxylation sites is 1. The summed E-state index contributed by atoms with van der Waals surface area (Å²) in [4.78, 5) is 30.2. The molecule has 0 fully saturated rings. The molecule has 2 aromatic heterocycles. The zero-order chi connectivity index (χ0) is 23.0. The van der Waals surface area contributed by atoms with Crippen LogP contribution in [0.25, 0.3) is 20.7 Å². The molecule has 4 aromatic rings. The number of thiophene rings is 1. The summed E-state index contributed by atoms with van der Waals surface area (Å²) in [7, 11) is 0. The fourth-order valence-corrected chi connectivity index (χ4v) is 4.45. The molecule has 0 aliphatic heterocycles. The zero-order valence-corrected chi connectivity index (χ0v) is 18.2. The van der Waals surface area contributed by atoms with E-state index >= 15 is 0 Å². The third-order valence-electron chi connectivity index (χ3n) is 4.53. The van der Waals surface area contributed by atoms with E-state index in [4.69, 9.17) is 23.2 Å². The van der Waals surface area contributed by atoms with Crippen LogP contribution in [-0.2, 0) is 17.5 Å². The summed E-state index contributed by atoms with van der Waals surface area (Å²) in [5.41, 5.74) is -0.822. The summed E-state index contributed by atoms with van der Waals surface area (Å²) in [5.74, 6) is -0.846. The maximum atomic E-state index is 13.2. The highest BCUT2D eigenvalue weighted by molar-refractivity contribution is 7.22. The van der Waals surface area contributed by atoms with Crippen LogP contribution in [0.3, 0.4) is 0 Å². The average molecular weight is 498 g/mol. The van der Waals surface area contributed by atoms with Crippen LogP contribution in [-0.4, -0.2) is 15.5 Å². The molecule has 1 amide bonds.